The van der Waals surface area contributed by atoms with Crippen LogP contribution in [0, 0.1) is 11.3 Å². The lowest BCUT2D eigenvalue weighted by atomic mass is 10.1. The van der Waals surface area contributed by atoms with Crippen molar-refractivity contribution >= 4 is 21.6 Å². The predicted octanol–water partition coefficient (Wildman–Crippen LogP) is 2.29. The van der Waals surface area contributed by atoms with E-state index in [2.05, 4.69) is 27.3 Å². The smallest absolute Gasteiger partial charge is 0.101 e. The maximum atomic E-state index is 8.87. The lowest BCUT2D eigenvalue weighted by Crippen LogP contribution is -1.90. The Morgan fingerprint density at radius 3 is 3.08 bits per heavy atom. The molecular formula is C9H7BrN2. The molecule has 2 nitrogen and oxygen atoms in total. The largest absolute Gasteiger partial charge is 0.384 e. The second kappa shape index (κ2) is 2.80. The SMILES string of the molecule is N#Cc1c(Br)ccc2c1CCN2. The average molecular weight is 223 g/mol. The number of benzene rings is 1. The first-order valence-corrected chi connectivity index (χ1v) is 4.57. The fourth-order valence-corrected chi connectivity index (χ4v) is 1.95. The highest BCUT2D eigenvalue weighted by molar-refractivity contribution is 9.10. The van der Waals surface area contributed by atoms with E-state index in [-0.39, 0.29) is 0 Å². The molecule has 1 N–H and O–H groups in total. The maximum absolute atomic E-state index is 8.87. The van der Waals surface area contributed by atoms with Crippen molar-refractivity contribution in [3.8, 4) is 6.07 Å². The van der Waals surface area contributed by atoms with E-state index in [0.29, 0.717) is 0 Å². The molecule has 1 aromatic carbocycles. The van der Waals surface area contributed by atoms with Gasteiger partial charge in [-0.25, -0.2) is 0 Å². The number of nitriles is 1. The van der Waals surface area contributed by atoms with Crippen LogP contribution < -0.4 is 5.32 Å². The number of nitrogens with one attached hydrogen (secondary N) is 1. The minimum Gasteiger partial charge on any atom is -0.384 e. The van der Waals surface area contributed by atoms with Gasteiger partial charge in [0.2, 0.25) is 0 Å². The van der Waals surface area contributed by atoms with Gasteiger partial charge in [0, 0.05) is 16.7 Å². The van der Waals surface area contributed by atoms with Gasteiger partial charge in [0.25, 0.3) is 0 Å². The molecule has 0 fully saturated rings. The highest BCUT2D eigenvalue weighted by Gasteiger charge is 2.15. The van der Waals surface area contributed by atoms with Crippen LogP contribution >= 0.6 is 15.9 Å². The van der Waals surface area contributed by atoms with E-state index in [9.17, 15) is 0 Å². The van der Waals surface area contributed by atoms with Crippen LogP contribution in [-0.4, -0.2) is 6.54 Å². The first-order chi connectivity index (χ1) is 5.83. The minimum absolute atomic E-state index is 0.775. The Hall–Kier alpha value is -1.01. The molecule has 0 unspecified atom stereocenters. The zero-order chi connectivity index (χ0) is 8.55. The average Bonchev–Trinajstić information content (AvgIpc) is 2.52. The molecule has 1 aromatic rings. The summed E-state index contributed by atoms with van der Waals surface area (Å²) < 4.78 is 0.896. The van der Waals surface area contributed by atoms with Crippen LogP contribution in [-0.2, 0) is 6.42 Å². The van der Waals surface area contributed by atoms with Gasteiger partial charge in [-0.2, -0.15) is 5.26 Å². The molecule has 0 bridgehead atoms. The van der Waals surface area contributed by atoms with Crippen LogP contribution in [0.25, 0.3) is 0 Å². The van der Waals surface area contributed by atoms with E-state index < -0.39 is 0 Å². The van der Waals surface area contributed by atoms with E-state index in [0.717, 1.165) is 34.3 Å². The summed E-state index contributed by atoms with van der Waals surface area (Å²) in [6.45, 7) is 0.945. The van der Waals surface area contributed by atoms with Gasteiger partial charge in [-0.05, 0) is 40.0 Å². The molecule has 0 radical (unpaired) electrons. The second-order valence-corrected chi connectivity index (χ2v) is 3.59. The number of halogens is 1. The zero-order valence-corrected chi connectivity index (χ0v) is 7.98. The summed E-state index contributed by atoms with van der Waals surface area (Å²) in [5.74, 6) is 0. The maximum Gasteiger partial charge on any atom is 0.101 e. The van der Waals surface area contributed by atoms with Crippen molar-refractivity contribution in [2.24, 2.45) is 0 Å². The second-order valence-electron chi connectivity index (χ2n) is 2.74. The molecule has 3 heteroatoms. The van der Waals surface area contributed by atoms with Gasteiger partial charge in [0.05, 0.1) is 5.56 Å². The van der Waals surface area contributed by atoms with Crippen molar-refractivity contribution < 1.29 is 0 Å². The van der Waals surface area contributed by atoms with E-state index in [1.54, 1.807) is 0 Å². The Bertz CT molecular complexity index is 366. The number of nitrogens with zero attached hydrogens (tertiary/aromatic N) is 1. The third-order valence-corrected chi connectivity index (χ3v) is 2.73. The molecular weight excluding hydrogens is 216 g/mol. The zero-order valence-electron chi connectivity index (χ0n) is 6.39. The fraction of sp³-hybridized carbons (Fsp3) is 0.222. The van der Waals surface area contributed by atoms with Crippen molar-refractivity contribution in [1.29, 1.82) is 5.26 Å². The summed E-state index contributed by atoms with van der Waals surface area (Å²) in [6, 6.07) is 6.13. The lowest BCUT2D eigenvalue weighted by molar-refractivity contribution is 1.10. The first-order valence-electron chi connectivity index (χ1n) is 3.78. The van der Waals surface area contributed by atoms with Gasteiger partial charge in [0.15, 0.2) is 0 Å². The van der Waals surface area contributed by atoms with E-state index in [1.165, 1.54) is 0 Å². The van der Waals surface area contributed by atoms with Crippen molar-refractivity contribution in [2.45, 2.75) is 6.42 Å². The summed E-state index contributed by atoms with van der Waals surface area (Å²) >= 11 is 3.36. The normalized spacial score (nSPS) is 13.3. The van der Waals surface area contributed by atoms with Gasteiger partial charge in [-0.15, -0.1) is 0 Å². The summed E-state index contributed by atoms with van der Waals surface area (Å²) in [7, 11) is 0. The summed E-state index contributed by atoms with van der Waals surface area (Å²) in [5, 5.41) is 12.1. The Labute approximate surface area is 79.3 Å². The molecule has 12 heavy (non-hydrogen) atoms. The van der Waals surface area contributed by atoms with Crippen LogP contribution in [0.15, 0.2) is 16.6 Å². The monoisotopic (exact) mass is 222 g/mol. The highest BCUT2D eigenvalue weighted by Crippen LogP contribution is 2.30. The molecule has 1 aliphatic heterocycles. The van der Waals surface area contributed by atoms with Gasteiger partial charge >= 0.3 is 0 Å². The van der Waals surface area contributed by atoms with E-state index in [1.807, 2.05) is 12.1 Å². The molecule has 0 atom stereocenters. The first kappa shape index (κ1) is 7.63. The van der Waals surface area contributed by atoms with E-state index >= 15 is 0 Å². The third kappa shape index (κ3) is 0.997. The van der Waals surface area contributed by atoms with Gasteiger partial charge < -0.3 is 5.32 Å². The summed E-state index contributed by atoms with van der Waals surface area (Å²) in [6.07, 6.45) is 0.956. The number of hydrogen-bond acceptors (Lipinski definition) is 2. The number of fused-ring (bicyclic) bond motifs is 1. The highest BCUT2D eigenvalue weighted by atomic mass is 79.9. The topological polar surface area (TPSA) is 35.8 Å². The Balaban J connectivity index is 2.67. The minimum atomic E-state index is 0.775. The van der Waals surface area contributed by atoms with Gasteiger partial charge in [-0.3, -0.25) is 0 Å². The lowest BCUT2D eigenvalue weighted by Gasteiger charge is -2.02. The Kier molecular flexibility index (Phi) is 1.78. The van der Waals surface area contributed by atoms with Crippen LogP contribution in [0.1, 0.15) is 11.1 Å². The standard InChI is InChI=1S/C9H7BrN2/c10-8-1-2-9-6(3-4-12-9)7(8)5-11/h1-2,12H,3-4H2. The van der Waals surface area contributed by atoms with Crippen LogP contribution in [0.2, 0.25) is 0 Å². The molecule has 0 spiro atoms. The fourth-order valence-electron chi connectivity index (χ4n) is 1.49. The van der Waals surface area contributed by atoms with E-state index in [4.69, 9.17) is 5.26 Å². The van der Waals surface area contributed by atoms with Crippen molar-refractivity contribution in [1.82, 2.24) is 0 Å². The summed E-state index contributed by atoms with van der Waals surface area (Å²) in [4.78, 5) is 0. The molecule has 0 saturated carbocycles. The predicted molar refractivity (Wildman–Crippen MR) is 51.1 cm³/mol. The molecule has 2 rings (SSSR count). The number of hydrogen-bond donors (Lipinski definition) is 1. The van der Waals surface area contributed by atoms with Crippen LogP contribution in [0.5, 0.6) is 0 Å². The molecule has 1 heterocycles. The number of anilines is 1. The van der Waals surface area contributed by atoms with Crippen molar-refractivity contribution in [3.63, 3.8) is 0 Å². The Morgan fingerprint density at radius 1 is 1.50 bits per heavy atom. The molecule has 0 amide bonds. The van der Waals surface area contributed by atoms with Crippen LogP contribution in [0.4, 0.5) is 5.69 Å². The molecule has 60 valence electrons. The van der Waals surface area contributed by atoms with Gasteiger partial charge in [-0.1, -0.05) is 0 Å². The summed E-state index contributed by atoms with van der Waals surface area (Å²) in [5.41, 5.74) is 3.03. The third-order valence-electron chi connectivity index (χ3n) is 2.06. The van der Waals surface area contributed by atoms with Crippen molar-refractivity contribution in [2.75, 3.05) is 11.9 Å². The van der Waals surface area contributed by atoms with Crippen molar-refractivity contribution in [3.05, 3.63) is 27.7 Å². The van der Waals surface area contributed by atoms with Gasteiger partial charge in [0.1, 0.15) is 6.07 Å². The molecule has 0 aromatic heterocycles. The molecule has 0 aliphatic carbocycles. The Morgan fingerprint density at radius 2 is 2.33 bits per heavy atom. The number of rotatable bonds is 0. The molecule has 1 aliphatic rings. The quantitative estimate of drug-likeness (QED) is 0.732. The van der Waals surface area contributed by atoms with Crippen LogP contribution in [0.3, 0.4) is 0 Å². The molecule has 0 saturated heterocycles.